The summed E-state index contributed by atoms with van der Waals surface area (Å²) in [4.78, 5) is 15.2. The zero-order valence-electron chi connectivity index (χ0n) is 26.5. The number of alkyl halides is 1. The van der Waals surface area contributed by atoms with E-state index in [2.05, 4.69) is 18.1 Å². The van der Waals surface area contributed by atoms with Gasteiger partial charge in [0.1, 0.15) is 23.1 Å². The number of nitrogen functional groups attached to an aromatic ring is 1. The van der Waals surface area contributed by atoms with E-state index in [0.29, 0.717) is 53.1 Å². The fourth-order valence-corrected chi connectivity index (χ4v) is 9.33. The van der Waals surface area contributed by atoms with Gasteiger partial charge in [-0.3, -0.25) is 4.90 Å². The number of nitrogens with zero attached hydrogens (tertiary/aromatic N) is 8. The lowest BCUT2D eigenvalue weighted by Gasteiger charge is -2.39. The standard InChI is InChI=1S/C32H40FN9O2S/c1-17(22-12-18(33)15-40(22)4)42-30-21(14-36-42)29(41(5)16-31(2,3)43)37-28(38-30)25-19-8-6-10-32(26(19)44-39-25)11-7-9-23-24(32)20(13-34)27(35)45-23/h14,17-18,22,43H,6-12,15-16,35H2,1-5H3. The number of likely N-dealkylation sites (tertiary alicyclic amines) is 1. The molecule has 5 heterocycles. The number of rotatable bonds is 6. The van der Waals surface area contributed by atoms with Gasteiger partial charge in [-0.25, -0.2) is 19.0 Å². The molecule has 1 aliphatic heterocycles. The molecule has 238 valence electrons. The maximum absolute atomic E-state index is 14.4. The SMILES string of the molecule is CC(C1CC(F)CN1C)n1ncc2c(N(C)CC(C)(C)O)nc(-c3noc4c3CCCC43CCCc4sc(N)c(C#N)c43)nc21. The van der Waals surface area contributed by atoms with Crippen molar-refractivity contribution in [1.29, 1.82) is 5.26 Å². The van der Waals surface area contributed by atoms with Crippen molar-refractivity contribution in [3.05, 3.63) is 33.5 Å². The molecule has 1 spiro atoms. The second kappa shape index (κ2) is 10.7. The molecule has 7 rings (SSSR count). The van der Waals surface area contributed by atoms with Crippen molar-refractivity contribution in [2.45, 2.75) is 95.0 Å². The summed E-state index contributed by atoms with van der Waals surface area (Å²) in [5.74, 6) is 1.83. The number of aryl methyl sites for hydroxylation is 1. The number of hydrogen-bond donors (Lipinski definition) is 2. The van der Waals surface area contributed by atoms with Crippen LogP contribution in [0.5, 0.6) is 0 Å². The molecule has 0 radical (unpaired) electrons. The summed E-state index contributed by atoms with van der Waals surface area (Å²) in [5.41, 5.74) is 8.67. The summed E-state index contributed by atoms with van der Waals surface area (Å²) in [5, 5.41) is 31.5. The van der Waals surface area contributed by atoms with Crippen molar-refractivity contribution in [1.82, 2.24) is 29.8 Å². The smallest absolute Gasteiger partial charge is 0.186 e. The van der Waals surface area contributed by atoms with Crippen LogP contribution in [-0.4, -0.2) is 79.9 Å². The Bertz CT molecular complexity index is 1810. The van der Waals surface area contributed by atoms with Crippen LogP contribution in [0.25, 0.3) is 22.6 Å². The molecule has 0 bridgehead atoms. The van der Waals surface area contributed by atoms with Crippen molar-refractivity contribution in [2.75, 3.05) is 37.8 Å². The quantitative estimate of drug-likeness (QED) is 0.305. The normalized spacial score (nSPS) is 24.1. The number of nitriles is 1. The van der Waals surface area contributed by atoms with E-state index in [1.807, 2.05) is 28.6 Å². The zero-order valence-corrected chi connectivity index (χ0v) is 27.3. The Morgan fingerprint density at radius 1 is 1.31 bits per heavy atom. The van der Waals surface area contributed by atoms with Gasteiger partial charge in [0, 0.05) is 36.6 Å². The van der Waals surface area contributed by atoms with Crippen molar-refractivity contribution < 1.29 is 14.0 Å². The molecule has 4 unspecified atom stereocenters. The monoisotopic (exact) mass is 633 g/mol. The molecule has 1 saturated heterocycles. The lowest BCUT2D eigenvalue weighted by atomic mass is 9.63. The third-order valence-corrected chi connectivity index (χ3v) is 11.1. The highest BCUT2D eigenvalue weighted by Gasteiger charge is 2.49. The van der Waals surface area contributed by atoms with Crippen molar-refractivity contribution in [3.63, 3.8) is 0 Å². The van der Waals surface area contributed by atoms with E-state index in [-0.39, 0.29) is 12.1 Å². The molecule has 45 heavy (non-hydrogen) atoms. The van der Waals surface area contributed by atoms with Crippen LogP contribution in [0.2, 0.25) is 0 Å². The predicted octanol–water partition coefficient (Wildman–Crippen LogP) is 4.77. The van der Waals surface area contributed by atoms with Crippen LogP contribution in [0.4, 0.5) is 15.2 Å². The van der Waals surface area contributed by atoms with Crippen LogP contribution in [-0.2, 0) is 18.3 Å². The summed E-state index contributed by atoms with van der Waals surface area (Å²) in [7, 11) is 3.84. The Morgan fingerprint density at radius 3 is 2.76 bits per heavy atom. The Balaban J connectivity index is 1.39. The Hall–Kier alpha value is -3.60. The van der Waals surface area contributed by atoms with Gasteiger partial charge in [-0.1, -0.05) is 5.16 Å². The second-order valence-electron chi connectivity index (χ2n) is 13.8. The Labute approximate surface area is 265 Å². The Morgan fingerprint density at radius 2 is 2.07 bits per heavy atom. The molecule has 4 aromatic rings. The maximum Gasteiger partial charge on any atom is 0.186 e. The number of likely N-dealkylation sites (N-methyl/N-ethyl adjacent to an activating group) is 2. The van der Waals surface area contributed by atoms with E-state index in [1.54, 1.807) is 20.0 Å². The van der Waals surface area contributed by atoms with Gasteiger partial charge in [0.15, 0.2) is 22.9 Å². The third-order valence-electron chi connectivity index (χ3n) is 9.98. The maximum atomic E-state index is 14.4. The molecule has 0 saturated carbocycles. The molecule has 4 aromatic heterocycles. The first-order chi connectivity index (χ1) is 21.4. The largest absolute Gasteiger partial charge is 0.389 e. The number of nitrogens with two attached hydrogens (primary N) is 1. The molecule has 11 nitrogen and oxygen atoms in total. The number of hydrogen-bond acceptors (Lipinski definition) is 11. The fourth-order valence-electron chi connectivity index (χ4n) is 8.17. The molecule has 2 aliphatic carbocycles. The summed E-state index contributed by atoms with van der Waals surface area (Å²) >= 11 is 1.52. The third kappa shape index (κ3) is 4.80. The van der Waals surface area contributed by atoms with Crippen molar-refractivity contribution in [3.8, 4) is 17.6 Å². The average Bonchev–Trinajstić information content (AvgIpc) is 3.75. The topological polar surface area (TPSA) is 146 Å². The number of aromatic nitrogens is 5. The van der Waals surface area contributed by atoms with Gasteiger partial charge in [-0.2, -0.15) is 10.4 Å². The summed E-state index contributed by atoms with van der Waals surface area (Å²) < 4.78 is 22.5. The minimum absolute atomic E-state index is 0.0355. The van der Waals surface area contributed by atoms with E-state index >= 15 is 0 Å². The second-order valence-corrected chi connectivity index (χ2v) is 15.0. The number of halogens is 1. The highest BCUT2D eigenvalue weighted by atomic mass is 32.1. The van der Waals surface area contributed by atoms with Crippen LogP contribution in [0.15, 0.2) is 10.7 Å². The first-order valence-corrected chi connectivity index (χ1v) is 16.6. The van der Waals surface area contributed by atoms with E-state index < -0.39 is 17.2 Å². The number of thiophene rings is 1. The molecule has 4 atom stereocenters. The lowest BCUT2D eigenvalue weighted by Crippen LogP contribution is -2.37. The lowest BCUT2D eigenvalue weighted by molar-refractivity contribution is 0.0885. The summed E-state index contributed by atoms with van der Waals surface area (Å²) in [6.45, 7) is 6.29. The summed E-state index contributed by atoms with van der Waals surface area (Å²) in [6.07, 6.45) is 6.58. The fraction of sp³-hybridized carbons (Fsp3) is 0.594. The van der Waals surface area contributed by atoms with E-state index in [0.717, 1.165) is 60.8 Å². The van der Waals surface area contributed by atoms with Gasteiger partial charge in [0.2, 0.25) is 0 Å². The van der Waals surface area contributed by atoms with E-state index in [4.69, 9.17) is 25.3 Å². The van der Waals surface area contributed by atoms with Crippen LogP contribution in [0.1, 0.15) is 86.2 Å². The van der Waals surface area contributed by atoms with Gasteiger partial charge in [-0.05, 0) is 78.3 Å². The summed E-state index contributed by atoms with van der Waals surface area (Å²) in [6, 6.07) is 2.20. The Kier molecular flexibility index (Phi) is 7.18. The van der Waals surface area contributed by atoms with E-state index in [1.165, 1.54) is 16.2 Å². The highest BCUT2D eigenvalue weighted by molar-refractivity contribution is 7.16. The predicted molar refractivity (Wildman–Crippen MR) is 171 cm³/mol. The molecular weight excluding hydrogens is 593 g/mol. The van der Waals surface area contributed by atoms with Crippen LogP contribution in [0.3, 0.4) is 0 Å². The minimum atomic E-state index is -0.975. The minimum Gasteiger partial charge on any atom is -0.389 e. The highest BCUT2D eigenvalue weighted by Crippen LogP contribution is 2.55. The van der Waals surface area contributed by atoms with Crippen molar-refractivity contribution in [2.24, 2.45) is 0 Å². The molecular formula is C32H40FN9O2S. The van der Waals surface area contributed by atoms with E-state index in [9.17, 15) is 14.8 Å². The molecule has 1 fully saturated rings. The van der Waals surface area contributed by atoms with Gasteiger partial charge >= 0.3 is 0 Å². The van der Waals surface area contributed by atoms with Crippen LogP contribution >= 0.6 is 11.3 Å². The van der Waals surface area contributed by atoms with Gasteiger partial charge in [0.25, 0.3) is 0 Å². The zero-order chi connectivity index (χ0) is 31.8. The van der Waals surface area contributed by atoms with Crippen molar-refractivity contribution >= 4 is 33.2 Å². The first kappa shape index (κ1) is 30.1. The molecule has 0 aromatic carbocycles. The molecule has 0 amide bonds. The molecule has 13 heteroatoms. The van der Waals surface area contributed by atoms with Gasteiger partial charge < -0.3 is 20.3 Å². The van der Waals surface area contributed by atoms with Crippen LogP contribution < -0.4 is 10.6 Å². The van der Waals surface area contributed by atoms with Gasteiger partial charge in [-0.15, -0.1) is 11.3 Å². The first-order valence-electron chi connectivity index (χ1n) is 15.8. The number of aliphatic hydroxyl groups is 1. The van der Waals surface area contributed by atoms with Gasteiger partial charge in [0.05, 0.1) is 34.2 Å². The molecule has 3 aliphatic rings. The average molecular weight is 634 g/mol. The van der Waals surface area contributed by atoms with Crippen LogP contribution in [0, 0.1) is 11.3 Å². The number of fused-ring (bicyclic) bond motifs is 5. The molecule has 3 N–H and O–H groups in total. The number of anilines is 2.